The fourth-order valence-corrected chi connectivity index (χ4v) is 3.59. The molecule has 0 fully saturated rings. The van der Waals surface area contributed by atoms with Gasteiger partial charge in [-0.3, -0.25) is 14.5 Å². The fraction of sp³-hybridized carbons (Fsp3) is 0.176. The van der Waals surface area contributed by atoms with Gasteiger partial charge in [0.05, 0.1) is 5.94 Å². The highest BCUT2D eigenvalue weighted by Gasteiger charge is 2.27. The third-order valence-corrected chi connectivity index (χ3v) is 4.81. The third kappa shape index (κ3) is 6.37. The summed E-state index contributed by atoms with van der Waals surface area (Å²) in [4.78, 5) is 25.8. The van der Waals surface area contributed by atoms with Crippen LogP contribution in [0.15, 0.2) is 47.7 Å². The molecule has 0 aliphatic rings. The van der Waals surface area contributed by atoms with Crippen molar-refractivity contribution in [3.05, 3.63) is 63.3 Å². The van der Waals surface area contributed by atoms with Crippen molar-refractivity contribution in [3.63, 3.8) is 0 Å². The van der Waals surface area contributed by atoms with Crippen molar-refractivity contribution in [1.29, 1.82) is 0 Å². The molecule has 0 saturated carbocycles. The van der Waals surface area contributed by atoms with Crippen LogP contribution in [0, 0.1) is 0 Å². The molecule has 0 saturated heterocycles. The van der Waals surface area contributed by atoms with E-state index in [-0.39, 0.29) is 13.0 Å². The number of thiophene rings is 1. The van der Waals surface area contributed by atoms with Crippen molar-refractivity contribution < 1.29 is 19.6 Å². The molecule has 3 N–H and O–H groups in total. The fourth-order valence-electron chi connectivity index (χ4n) is 2.39. The lowest BCUT2D eigenvalue weighted by Crippen LogP contribution is -2.51. The van der Waals surface area contributed by atoms with Gasteiger partial charge >= 0.3 is 7.12 Å². The first-order chi connectivity index (χ1) is 12.8. The van der Waals surface area contributed by atoms with Crippen LogP contribution in [0.1, 0.15) is 5.56 Å². The topological polar surface area (TPSA) is 89.9 Å². The van der Waals surface area contributed by atoms with Crippen LogP contribution in [0.25, 0.3) is 0 Å². The smallest absolute Gasteiger partial charge is 0.426 e. The molecule has 0 aliphatic carbocycles. The second-order valence-corrected chi connectivity index (χ2v) is 7.33. The molecule has 2 rings (SSSR count). The minimum atomic E-state index is -1.75. The van der Waals surface area contributed by atoms with Crippen LogP contribution in [-0.2, 0) is 16.0 Å². The summed E-state index contributed by atoms with van der Waals surface area (Å²) in [6, 6.07) is 6.31. The second kappa shape index (κ2) is 9.91. The molecule has 1 heterocycles. The molecule has 0 spiro atoms. The van der Waals surface area contributed by atoms with E-state index in [0.717, 1.165) is 16.5 Å². The summed E-state index contributed by atoms with van der Waals surface area (Å²) in [5, 5.41) is 26.0. The number of halogens is 2. The minimum absolute atomic E-state index is 0.241. The zero-order chi connectivity index (χ0) is 20.0. The number of carbonyl (C=O) groups is 2. The largest absolute Gasteiger partial charge is 0.475 e. The molecule has 0 bridgehead atoms. The Balaban J connectivity index is 2.14. The average molecular weight is 427 g/mol. The van der Waals surface area contributed by atoms with Crippen LogP contribution < -0.4 is 10.2 Å². The van der Waals surface area contributed by atoms with Crippen LogP contribution in [0.2, 0.25) is 10.0 Å². The van der Waals surface area contributed by atoms with Crippen molar-refractivity contribution in [2.45, 2.75) is 12.4 Å². The monoisotopic (exact) mass is 426 g/mol. The molecular formula is C17H17BCl2N2O4S. The summed E-state index contributed by atoms with van der Waals surface area (Å²) < 4.78 is 0. The normalized spacial score (nSPS) is 11.6. The molecule has 10 heteroatoms. The summed E-state index contributed by atoms with van der Waals surface area (Å²) in [6.45, 7) is 3.06. The number of nitrogens with one attached hydrogen (secondary N) is 1. The van der Waals surface area contributed by atoms with E-state index in [9.17, 15) is 19.6 Å². The van der Waals surface area contributed by atoms with Gasteiger partial charge in [-0.15, -0.1) is 0 Å². The van der Waals surface area contributed by atoms with E-state index in [0.29, 0.717) is 15.7 Å². The number of nitrogens with zero attached hydrogens (tertiary/aromatic N) is 1. The number of anilines is 1. The second-order valence-electron chi connectivity index (χ2n) is 5.68. The van der Waals surface area contributed by atoms with E-state index in [4.69, 9.17) is 23.2 Å². The van der Waals surface area contributed by atoms with Crippen molar-refractivity contribution in [2.75, 3.05) is 11.4 Å². The molecule has 1 aromatic heterocycles. The Morgan fingerprint density at radius 3 is 2.48 bits per heavy atom. The zero-order valence-corrected chi connectivity index (χ0v) is 16.5. The van der Waals surface area contributed by atoms with Gasteiger partial charge in [-0.2, -0.15) is 11.3 Å². The molecule has 0 aliphatic heterocycles. The van der Waals surface area contributed by atoms with Crippen LogP contribution >= 0.6 is 34.5 Å². The van der Waals surface area contributed by atoms with E-state index in [1.807, 2.05) is 16.8 Å². The highest BCUT2D eigenvalue weighted by molar-refractivity contribution is 7.07. The number of benzene rings is 1. The third-order valence-electron chi connectivity index (χ3n) is 3.64. The highest BCUT2D eigenvalue weighted by atomic mass is 35.5. The molecule has 0 unspecified atom stereocenters. The van der Waals surface area contributed by atoms with Gasteiger partial charge in [0, 0.05) is 15.7 Å². The Labute approximate surface area is 171 Å². The number of rotatable bonds is 8. The van der Waals surface area contributed by atoms with E-state index in [1.165, 1.54) is 29.5 Å². The van der Waals surface area contributed by atoms with Gasteiger partial charge in [0.2, 0.25) is 5.91 Å². The Hall–Kier alpha value is -1.84. The molecule has 1 aromatic carbocycles. The lowest BCUT2D eigenvalue weighted by Gasteiger charge is -2.23. The summed E-state index contributed by atoms with van der Waals surface area (Å²) in [7, 11) is -1.75. The Morgan fingerprint density at radius 2 is 1.96 bits per heavy atom. The molecule has 1 atom stereocenters. The standard InChI is InChI=1S/C17H17BCl2N2O4S/c1-2-17(24)22(14-7-12(19)6-13(20)8-14)9-16(23)21-15(18(25)26)5-11-3-4-27-10-11/h2-4,6-8,10,15,25-26H,1,5,9H2,(H,21,23)/t15-/m0/s1. The van der Waals surface area contributed by atoms with Gasteiger partial charge in [0.1, 0.15) is 6.54 Å². The maximum atomic E-state index is 12.4. The van der Waals surface area contributed by atoms with E-state index in [2.05, 4.69) is 11.9 Å². The van der Waals surface area contributed by atoms with Crippen LogP contribution in [0.5, 0.6) is 0 Å². The van der Waals surface area contributed by atoms with Gasteiger partial charge in [-0.1, -0.05) is 29.8 Å². The molecule has 6 nitrogen and oxygen atoms in total. The maximum absolute atomic E-state index is 12.4. The summed E-state index contributed by atoms with van der Waals surface area (Å²) in [5.41, 5.74) is 1.19. The van der Waals surface area contributed by atoms with Crippen molar-refractivity contribution in [3.8, 4) is 0 Å². The summed E-state index contributed by atoms with van der Waals surface area (Å²) >= 11 is 13.4. The minimum Gasteiger partial charge on any atom is -0.426 e. The quantitative estimate of drug-likeness (QED) is 0.446. The molecule has 2 amide bonds. The van der Waals surface area contributed by atoms with Crippen LogP contribution in [-0.4, -0.2) is 41.5 Å². The summed E-state index contributed by atoms with van der Waals surface area (Å²) in [5.74, 6) is -2.02. The van der Waals surface area contributed by atoms with Gasteiger partial charge in [-0.05, 0) is 53.1 Å². The number of hydrogen-bond donors (Lipinski definition) is 3. The predicted molar refractivity (Wildman–Crippen MR) is 109 cm³/mol. The van der Waals surface area contributed by atoms with E-state index >= 15 is 0 Å². The van der Waals surface area contributed by atoms with Gasteiger partial charge in [0.25, 0.3) is 5.91 Å². The van der Waals surface area contributed by atoms with Gasteiger partial charge in [0.15, 0.2) is 0 Å². The SMILES string of the molecule is C=CC(=O)N(CC(=O)N[C@@H](Cc1ccsc1)B(O)O)c1cc(Cl)cc(Cl)c1. The van der Waals surface area contributed by atoms with Crippen molar-refractivity contribution >= 4 is 59.2 Å². The molecule has 142 valence electrons. The lowest BCUT2D eigenvalue weighted by molar-refractivity contribution is -0.122. The molecule has 27 heavy (non-hydrogen) atoms. The molecule has 0 radical (unpaired) electrons. The van der Waals surface area contributed by atoms with E-state index < -0.39 is 24.9 Å². The number of amides is 2. The lowest BCUT2D eigenvalue weighted by atomic mass is 9.76. The molecule has 2 aromatic rings. The Bertz CT molecular complexity index is 797. The Kier molecular flexibility index (Phi) is 7.88. The molecular weight excluding hydrogens is 410 g/mol. The maximum Gasteiger partial charge on any atom is 0.475 e. The number of hydrogen-bond acceptors (Lipinski definition) is 5. The highest BCUT2D eigenvalue weighted by Crippen LogP contribution is 2.25. The zero-order valence-electron chi connectivity index (χ0n) is 14.1. The van der Waals surface area contributed by atoms with Crippen molar-refractivity contribution in [1.82, 2.24) is 5.32 Å². The first-order valence-corrected chi connectivity index (χ1v) is 9.56. The first-order valence-electron chi connectivity index (χ1n) is 7.86. The predicted octanol–water partition coefficient (Wildman–Crippen LogP) is 2.31. The van der Waals surface area contributed by atoms with Crippen LogP contribution in [0.3, 0.4) is 0 Å². The van der Waals surface area contributed by atoms with Crippen molar-refractivity contribution in [2.24, 2.45) is 0 Å². The van der Waals surface area contributed by atoms with E-state index in [1.54, 1.807) is 0 Å². The number of carbonyl (C=O) groups excluding carboxylic acids is 2. The van der Waals surface area contributed by atoms with Crippen LogP contribution in [0.4, 0.5) is 5.69 Å². The first kappa shape index (κ1) is 21.5. The van der Waals surface area contributed by atoms with Gasteiger partial charge < -0.3 is 15.4 Å². The average Bonchev–Trinajstić information content (AvgIpc) is 3.10. The Morgan fingerprint density at radius 1 is 1.30 bits per heavy atom. The van der Waals surface area contributed by atoms with Gasteiger partial charge in [-0.25, -0.2) is 0 Å². The summed E-state index contributed by atoms with van der Waals surface area (Å²) in [6.07, 6.45) is 1.30.